The van der Waals surface area contributed by atoms with Gasteiger partial charge in [-0.25, -0.2) is 4.39 Å². The number of benzene rings is 3. The van der Waals surface area contributed by atoms with E-state index >= 15 is 0 Å². The Morgan fingerprint density at radius 1 is 0.788 bits per heavy atom. The van der Waals surface area contributed by atoms with E-state index in [-0.39, 0.29) is 11.7 Å². The van der Waals surface area contributed by atoms with E-state index in [4.69, 9.17) is 0 Å². The van der Waals surface area contributed by atoms with Crippen LogP contribution in [0.5, 0.6) is 0 Å². The van der Waals surface area contributed by atoms with Crippen LogP contribution >= 0.6 is 0 Å². The molecule has 2 saturated heterocycles. The van der Waals surface area contributed by atoms with E-state index in [1.54, 1.807) is 0 Å². The van der Waals surface area contributed by atoms with Crippen LogP contribution in [0.3, 0.4) is 0 Å². The highest BCUT2D eigenvalue weighted by atomic mass is 19.1. The molecule has 0 spiro atoms. The normalized spacial score (nSPS) is 21.4. The van der Waals surface area contributed by atoms with Gasteiger partial charge in [0, 0.05) is 63.0 Å². The van der Waals surface area contributed by atoms with Gasteiger partial charge in [-0.2, -0.15) is 0 Å². The maximum atomic E-state index is 13.3. The van der Waals surface area contributed by atoms with Crippen molar-refractivity contribution in [1.29, 1.82) is 0 Å². The molecule has 0 saturated carbocycles. The predicted molar refractivity (Wildman–Crippen MR) is 130 cm³/mol. The van der Waals surface area contributed by atoms with Crippen LogP contribution in [0.4, 0.5) is 10.1 Å². The van der Waals surface area contributed by atoms with Crippen LogP contribution in [0.15, 0.2) is 84.9 Å². The highest BCUT2D eigenvalue weighted by molar-refractivity contribution is 5.94. The average Bonchev–Trinajstić information content (AvgIpc) is 3.29. The number of anilines is 1. The molecule has 2 heterocycles. The van der Waals surface area contributed by atoms with E-state index in [0.29, 0.717) is 11.8 Å². The van der Waals surface area contributed by atoms with Crippen LogP contribution in [-0.4, -0.2) is 61.5 Å². The van der Waals surface area contributed by atoms with Crippen molar-refractivity contribution in [1.82, 2.24) is 9.80 Å². The van der Waals surface area contributed by atoms with E-state index in [2.05, 4.69) is 40.1 Å². The second kappa shape index (κ2) is 9.75. The van der Waals surface area contributed by atoms with Gasteiger partial charge in [0.25, 0.3) is 5.91 Å². The molecule has 5 rings (SSSR count). The lowest BCUT2D eigenvalue weighted by atomic mass is 9.88. The molecule has 0 aromatic heterocycles. The Hall–Kier alpha value is -3.18. The van der Waals surface area contributed by atoms with Gasteiger partial charge in [0.1, 0.15) is 5.82 Å². The SMILES string of the molecule is O=C(c1ccccc1)N1CC(CN2CCN(c3ccc(F)cc3)CC2)C(c2ccccc2)C1. The van der Waals surface area contributed by atoms with Gasteiger partial charge in [-0.05, 0) is 47.9 Å². The summed E-state index contributed by atoms with van der Waals surface area (Å²) in [5.74, 6) is 0.673. The summed E-state index contributed by atoms with van der Waals surface area (Å²) in [6.45, 7) is 6.34. The Bertz CT molecular complexity index is 1050. The van der Waals surface area contributed by atoms with Gasteiger partial charge in [0.15, 0.2) is 0 Å². The minimum Gasteiger partial charge on any atom is -0.369 e. The third-order valence-electron chi connectivity index (χ3n) is 7.03. The van der Waals surface area contributed by atoms with Crippen LogP contribution in [0, 0.1) is 11.7 Å². The van der Waals surface area contributed by atoms with Crippen molar-refractivity contribution in [3.63, 3.8) is 0 Å². The molecule has 2 atom stereocenters. The van der Waals surface area contributed by atoms with E-state index < -0.39 is 0 Å². The monoisotopic (exact) mass is 443 g/mol. The number of hydrogen-bond acceptors (Lipinski definition) is 3. The number of carbonyl (C=O) groups excluding carboxylic acids is 1. The lowest BCUT2D eigenvalue weighted by Gasteiger charge is -2.37. The Morgan fingerprint density at radius 3 is 2.09 bits per heavy atom. The molecule has 0 radical (unpaired) electrons. The van der Waals surface area contributed by atoms with E-state index in [1.807, 2.05) is 47.4 Å². The molecule has 4 nitrogen and oxygen atoms in total. The molecule has 1 amide bonds. The number of likely N-dealkylation sites (tertiary alicyclic amines) is 1. The van der Waals surface area contributed by atoms with Crippen LogP contribution < -0.4 is 4.90 Å². The molecule has 0 bridgehead atoms. The summed E-state index contributed by atoms with van der Waals surface area (Å²) in [4.78, 5) is 20.0. The van der Waals surface area contributed by atoms with Gasteiger partial charge >= 0.3 is 0 Å². The van der Waals surface area contributed by atoms with Gasteiger partial charge < -0.3 is 9.80 Å². The molecule has 5 heteroatoms. The summed E-state index contributed by atoms with van der Waals surface area (Å²) < 4.78 is 13.3. The van der Waals surface area contributed by atoms with Crippen molar-refractivity contribution >= 4 is 11.6 Å². The molecule has 2 unspecified atom stereocenters. The lowest BCUT2D eigenvalue weighted by Crippen LogP contribution is -2.48. The number of halogens is 1. The molecule has 2 fully saturated rings. The number of rotatable bonds is 5. The number of nitrogens with zero attached hydrogens (tertiary/aromatic N) is 3. The molecular weight excluding hydrogens is 413 g/mol. The van der Waals surface area contributed by atoms with E-state index in [0.717, 1.165) is 57.1 Å². The first-order valence-electron chi connectivity index (χ1n) is 11.8. The first kappa shape index (κ1) is 21.7. The van der Waals surface area contributed by atoms with E-state index in [1.165, 1.54) is 17.7 Å². The summed E-state index contributed by atoms with van der Waals surface area (Å²) >= 11 is 0. The van der Waals surface area contributed by atoms with Crippen LogP contribution in [-0.2, 0) is 0 Å². The maximum absolute atomic E-state index is 13.3. The second-order valence-corrected chi connectivity index (χ2v) is 9.12. The lowest BCUT2D eigenvalue weighted by molar-refractivity contribution is 0.0782. The second-order valence-electron chi connectivity index (χ2n) is 9.12. The zero-order valence-corrected chi connectivity index (χ0v) is 18.8. The zero-order valence-electron chi connectivity index (χ0n) is 18.8. The van der Waals surface area contributed by atoms with Crippen LogP contribution in [0.25, 0.3) is 0 Å². The minimum absolute atomic E-state index is 0.125. The molecule has 3 aromatic carbocycles. The molecular formula is C28H30FN3O. The summed E-state index contributed by atoms with van der Waals surface area (Å²) in [5.41, 5.74) is 3.16. The van der Waals surface area contributed by atoms with E-state index in [9.17, 15) is 9.18 Å². The first-order chi connectivity index (χ1) is 16.2. The van der Waals surface area contributed by atoms with Crippen molar-refractivity contribution < 1.29 is 9.18 Å². The smallest absolute Gasteiger partial charge is 0.253 e. The molecule has 170 valence electrons. The van der Waals surface area contributed by atoms with Crippen molar-refractivity contribution in [3.8, 4) is 0 Å². The standard InChI is InChI=1S/C28H30FN3O/c29-25-11-13-26(14-12-25)31-17-15-30(16-18-31)19-24-20-32(28(33)23-9-5-2-6-10-23)21-27(24)22-7-3-1-4-8-22/h1-14,24,27H,15-21H2. The predicted octanol–water partition coefficient (Wildman–Crippen LogP) is 4.50. The number of piperazine rings is 1. The molecule has 0 N–H and O–H groups in total. The fourth-order valence-corrected chi connectivity index (χ4v) is 5.24. The summed E-state index contributed by atoms with van der Waals surface area (Å²) in [6.07, 6.45) is 0. The fourth-order valence-electron chi connectivity index (χ4n) is 5.24. The third kappa shape index (κ3) is 4.93. The van der Waals surface area contributed by atoms with Crippen molar-refractivity contribution in [3.05, 3.63) is 102 Å². The Labute approximate surface area is 195 Å². The highest BCUT2D eigenvalue weighted by Crippen LogP contribution is 2.34. The molecule has 33 heavy (non-hydrogen) atoms. The largest absolute Gasteiger partial charge is 0.369 e. The minimum atomic E-state index is -0.194. The van der Waals surface area contributed by atoms with Crippen LogP contribution in [0.2, 0.25) is 0 Å². The van der Waals surface area contributed by atoms with Crippen molar-refractivity contribution in [2.24, 2.45) is 5.92 Å². The zero-order chi connectivity index (χ0) is 22.6. The Balaban J connectivity index is 1.26. The van der Waals surface area contributed by atoms with Crippen molar-refractivity contribution in [2.45, 2.75) is 5.92 Å². The summed E-state index contributed by atoms with van der Waals surface area (Å²) in [7, 11) is 0. The molecule has 3 aromatic rings. The number of amides is 1. The van der Waals surface area contributed by atoms with Gasteiger partial charge in [-0.1, -0.05) is 48.5 Å². The topological polar surface area (TPSA) is 26.8 Å². The quantitative estimate of drug-likeness (QED) is 0.581. The van der Waals surface area contributed by atoms with Gasteiger partial charge in [-0.3, -0.25) is 9.69 Å². The number of carbonyl (C=O) groups is 1. The summed E-state index contributed by atoms with van der Waals surface area (Å²) in [5, 5.41) is 0. The molecule has 2 aliphatic heterocycles. The highest BCUT2D eigenvalue weighted by Gasteiger charge is 2.37. The van der Waals surface area contributed by atoms with Crippen molar-refractivity contribution in [2.75, 3.05) is 50.7 Å². The van der Waals surface area contributed by atoms with Gasteiger partial charge in [0.2, 0.25) is 0 Å². The average molecular weight is 444 g/mol. The van der Waals surface area contributed by atoms with Gasteiger partial charge in [-0.15, -0.1) is 0 Å². The molecule has 0 aliphatic carbocycles. The molecule has 2 aliphatic rings. The maximum Gasteiger partial charge on any atom is 0.253 e. The Morgan fingerprint density at radius 2 is 1.42 bits per heavy atom. The Kier molecular flexibility index (Phi) is 6.40. The summed E-state index contributed by atoms with van der Waals surface area (Å²) in [6, 6.07) is 27.0. The third-order valence-corrected chi connectivity index (χ3v) is 7.03. The van der Waals surface area contributed by atoms with Gasteiger partial charge in [0.05, 0.1) is 0 Å². The fraction of sp³-hybridized carbons (Fsp3) is 0.321. The number of hydrogen-bond donors (Lipinski definition) is 0. The first-order valence-corrected chi connectivity index (χ1v) is 11.8. The van der Waals surface area contributed by atoms with Crippen LogP contribution in [0.1, 0.15) is 21.8 Å².